The molecule has 5 heteroatoms. The van der Waals surface area contributed by atoms with Crippen molar-refractivity contribution in [2.75, 3.05) is 20.1 Å². The van der Waals surface area contributed by atoms with Crippen LogP contribution in [0.5, 0.6) is 0 Å². The maximum atomic E-state index is 5.29. The fourth-order valence-electron chi connectivity index (χ4n) is 2.84. The highest BCUT2D eigenvalue weighted by molar-refractivity contribution is 7.80. The highest BCUT2D eigenvalue weighted by Crippen LogP contribution is 2.32. The fraction of sp³-hybridized carbons (Fsp3) is 0.429. The highest BCUT2D eigenvalue weighted by Gasteiger charge is 2.23. The summed E-state index contributed by atoms with van der Waals surface area (Å²) in [5, 5.41) is 3.91. The molecule has 0 spiro atoms. The van der Waals surface area contributed by atoms with Crippen LogP contribution in [0, 0.1) is 0 Å². The second kappa shape index (κ2) is 5.17. The van der Waals surface area contributed by atoms with Crippen molar-refractivity contribution in [3.63, 3.8) is 0 Å². The van der Waals surface area contributed by atoms with Gasteiger partial charge in [0.25, 0.3) is 0 Å². The number of hydrogen-bond acceptors (Lipinski definition) is 2. The van der Waals surface area contributed by atoms with Gasteiger partial charge in [0.1, 0.15) is 0 Å². The van der Waals surface area contributed by atoms with E-state index in [2.05, 4.69) is 32.4 Å². The van der Waals surface area contributed by atoms with Gasteiger partial charge in [-0.25, -0.2) is 0 Å². The molecule has 0 radical (unpaired) electrons. The van der Waals surface area contributed by atoms with Gasteiger partial charge in [-0.3, -0.25) is 4.98 Å². The predicted octanol–water partition coefficient (Wildman–Crippen LogP) is 2.25. The molecule has 2 aromatic rings. The molecule has 3 heterocycles. The molecule has 1 aliphatic rings. The van der Waals surface area contributed by atoms with Gasteiger partial charge in [0.15, 0.2) is 5.11 Å². The Morgan fingerprint density at radius 1 is 1.47 bits per heavy atom. The number of piperidine rings is 1. The lowest BCUT2D eigenvalue weighted by Gasteiger charge is -2.33. The van der Waals surface area contributed by atoms with Crippen LogP contribution in [0.1, 0.15) is 24.3 Å². The summed E-state index contributed by atoms with van der Waals surface area (Å²) in [6.07, 6.45) is 6.25. The summed E-state index contributed by atoms with van der Waals surface area (Å²) in [5.74, 6) is 0.583. The quantitative estimate of drug-likeness (QED) is 0.783. The molecule has 4 nitrogen and oxygen atoms in total. The summed E-state index contributed by atoms with van der Waals surface area (Å²) >= 11 is 5.29. The molecule has 0 unspecified atom stereocenters. The summed E-state index contributed by atoms with van der Waals surface area (Å²) in [4.78, 5) is 10.1. The first-order chi connectivity index (χ1) is 9.29. The van der Waals surface area contributed by atoms with E-state index in [9.17, 15) is 0 Å². The number of aromatic nitrogens is 2. The van der Waals surface area contributed by atoms with E-state index in [-0.39, 0.29) is 0 Å². The van der Waals surface area contributed by atoms with Gasteiger partial charge in [-0.05, 0) is 48.7 Å². The number of thiocarbonyl (C=S) groups is 1. The Labute approximate surface area is 118 Å². The van der Waals surface area contributed by atoms with E-state index in [0.29, 0.717) is 5.92 Å². The molecule has 19 heavy (non-hydrogen) atoms. The Morgan fingerprint density at radius 3 is 3.00 bits per heavy atom. The van der Waals surface area contributed by atoms with E-state index >= 15 is 0 Å². The van der Waals surface area contributed by atoms with Gasteiger partial charge in [-0.2, -0.15) is 0 Å². The van der Waals surface area contributed by atoms with Gasteiger partial charge in [0, 0.05) is 32.5 Å². The number of nitrogens with zero attached hydrogens (tertiary/aromatic N) is 2. The zero-order valence-electron chi connectivity index (χ0n) is 11.0. The molecular weight excluding hydrogens is 256 g/mol. The normalized spacial score (nSPS) is 16.8. The molecule has 2 N–H and O–H groups in total. The van der Waals surface area contributed by atoms with Crippen LogP contribution in [0.2, 0.25) is 0 Å². The largest absolute Gasteiger partial charge is 0.366 e. The molecule has 0 atom stereocenters. The minimum Gasteiger partial charge on any atom is -0.366 e. The van der Waals surface area contributed by atoms with Gasteiger partial charge in [0.05, 0.1) is 11.0 Å². The van der Waals surface area contributed by atoms with Crippen molar-refractivity contribution in [3.05, 3.63) is 30.1 Å². The number of pyridine rings is 1. The second-order valence-corrected chi connectivity index (χ2v) is 5.35. The average Bonchev–Trinajstić information content (AvgIpc) is 2.90. The zero-order valence-corrected chi connectivity index (χ0v) is 11.8. The van der Waals surface area contributed by atoms with E-state index < -0.39 is 0 Å². The lowest BCUT2D eigenvalue weighted by Crippen LogP contribution is -2.42. The molecular formula is C14H18N4S. The summed E-state index contributed by atoms with van der Waals surface area (Å²) in [5.41, 5.74) is 3.61. The lowest BCUT2D eigenvalue weighted by molar-refractivity contribution is 0.312. The van der Waals surface area contributed by atoms with Crippen molar-refractivity contribution >= 4 is 28.4 Å². The van der Waals surface area contributed by atoms with Crippen LogP contribution in [0.4, 0.5) is 0 Å². The van der Waals surface area contributed by atoms with Crippen molar-refractivity contribution in [1.29, 1.82) is 0 Å². The van der Waals surface area contributed by atoms with Crippen LogP contribution >= 0.6 is 12.2 Å². The number of rotatable bonds is 1. The first kappa shape index (κ1) is 12.4. The lowest BCUT2D eigenvalue weighted by atomic mass is 9.90. The molecule has 2 aromatic heterocycles. The first-order valence-corrected chi connectivity index (χ1v) is 7.09. The topological polar surface area (TPSA) is 44.0 Å². The minimum absolute atomic E-state index is 0.583. The number of aromatic amines is 1. The van der Waals surface area contributed by atoms with E-state index in [1.807, 2.05) is 19.3 Å². The molecule has 1 aliphatic heterocycles. The number of nitrogens with one attached hydrogen (secondary N) is 2. The Bertz CT molecular complexity index is 584. The van der Waals surface area contributed by atoms with Crippen LogP contribution in [0.3, 0.4) is 0 Å². The third kappa shape index (κ3) is 2.30. The maximum Gasteiger partial charge on any atom is 0.168 e. The van der Waals surface area contributed by atoms with Crippen molar-refractivity contribution in [2.45, 2.75) is 18.8 Å². The fourth-order valence-corrected chi connectivity index (χ4v) is 3.02. The summed E-state index contributed by atoms with van der Waals surface area (Å²) < 4.78 is 0. The second-order valence-electron chi connectivity index (χ2n) is 4.96. The maximum absolute atomic E-state index is 5.29. The molecule has 1 saturated heterocycles. The monoisotopic (exact) mass is 274 g/mol. The molecule has 0 bridgehead atoms. The molecule has 1 fully saturated rings. The number of hydrogen-bond donors (Lipinski definition) is 2. The summed E-state index contributed by atoms with van der Waals surface area (Å²) in [6, 6.07) is 4.05. The van der Waals surface area contributed by atoms with E-state index in [4.69, 9.17) is 12.2 Å². The summed E-state index contributed by atoms with van der Waals surface area (Å²) in [7, 11) is 1.89. The molecule has 0 aromatic carbocycles. The Kier molecular flexibility index (Phi) is 3.38. The number of likely N-dealkylation sites (tertiary alicyclic amines) is 1. The molecule has 0 amide bonds. The predicted molar refractivity (Wildman–Crippen MR) is 81.3 cm³/mol. The molecule has 0 saturated carbocycles. The van der Waals surface area contributed by atoms with Crippen LogP contribution in [0.15, 0.2) is 24.5 Å². The van der Waals surface area contributed by atoms with Crippen molar-refractivity contribution < 1.29 is 0 Å². The van der Waals surface area contributed by atoms with Crippen molar-refractivity contribution in [2.24, 2.45) is 0 Å². The van der Waals surface area contributed by atoms with E-state index in [1.165, 1.54) is 5.56 Å². The van der Waals surface area contributed by atoms with Crippen molar-refractivity contribution in [1.82, 2.24) is 20.2 Å². The smallest absolute Gasteiger partial charge is 0.168 e. The first-order valence-electron chi connectivity index (χ1n) is 6.68. The molecule has 100 valence electrons. The highest BCUT2D eigenvalue weighted by atomic mass is 32.1. The number of H-pyrrole nitrogens is 1. The standard InChI is InChI=1S/C14H18N4S/c1-15-14(19)18-7-4-10(5-8-18)11-9-17-12-3-2-6-16-13(11)12/h2-3,6,9-10,17H,4-5,7-8H2,1H3,(H,15,19). The van der Waals surface area contributed by atoms with Gasteiger partial charge in [0.2, 0.25) is 0 Å². The van der Waals surface area contributed by atoms with Crippen LogP contribution in [-0.2, 0) is 0 Å². The van der Waals surface area contributed by atoms with Gasteiger partial charge in [-0.15, -0.1) is 0 Å². The Hall–Kier alpha value is -1.62. The van der Waals surface area contributed by atoms with Crippen LogP contribution in [0.25, 0.3) is 11.0 Å². The van der Waals surface area contributed by atoms with E-state index in [1.54, 1.807) is 0 Å². The third-order valence-electron chi connectivity index (χ3n) is 3.90. The van der Waals surface area contributed by atoms with Crippen molar-refractivity contribution in [3.8, 4) is 0 Å². The average molecular weight is 274 g/mol. The van der Waals surface area contributed by atoms with Crippen LogP contribution < -0.4 is 5.32 Å². The van der Waals surface area contributed by atoms with E-state index in [0.717, 1.165) is 42.1 Å². The van der Waals surface area contributed by atoms with Gasteiger partial charge >= 0.3 is 0 Å². The van der Waals surface area contributed by atoms with Crippen LogP contribution in [-0.4, -0.2) is 40.1 Å². The van der Waals surface area contributed by atoms with Gasteiger partial charge < -0.3 is 15.2 Å². The Morgan fingerprint density at radius 2 is 2.26 bits per heavy atom. The molecule has 3 rings (SSSR count). The molecule has 0 aliphatic carbocycles. The SMILES string of the molecule is CNC(=S)N1CCC(c2c[nH]c3cccnc23)CC1. The zero-order chi connectivity index (χ0) is 13.2. The third-order valence-corrected chi connectivity index (χ3v) is 4.36. The Balaban J connectivity index is 1.77. The van der Waals surface area contributed by atoms with Gasteiger partial charge in [-0.1, -0.05) is 0 Å². The minimum atomic E-state index is 0.583. The number of fused-ring (bicyclic) bond motifs is 1. The summed E-state index contributed by atoms with van der Waals surface area (Å²) in [6.45, 7) is 2.04.